The first kappa shape index (κ1) is 29.6. The largest absolute Gasteiger partial charge is 0.492 e. The van der Waals surface area contributed by atoms with Gasteiger partial charge in [0, 0.05) is 13.1 Å². The van der Waals surface area contributed by atoms with E-state index >= 15 is 0 Å². The van der Waals surface area contributed by atoms with E-state index in [2.05, 4.69) is 5.32 Å². The quantitative estimate of drug-likeness (QED) is 0.360. The first-order chi connectivity index (χ1) is 18.6. The maximum absolute atomic E-state index is 13.9. The Hall–Kier alpha value is -3.92. The summed E-state index contributed by atoms with van der Waals surface area (Å²) in [6.07, 6.45) is 0. The highest BCUT2D eigenvalue weighted by molar-refractivity contribution is 7.92. The second-order valence-corrected chi connectivity index (χ2v) is 10.8. The number of anilines is 1. The number of para-hydroxylation sites is 2. The van der Waals surface area contributed by atoms with Crippen molar-refractivity contribution in [2.45, 2.75) is 45.2 Å². The minimum Gasteiger partial charge on any atom is -0.492 e. The van der Waals surface area contributed by atoms with Gasteiger partial charge in [0.1, 0.15) is 24.2 Å². The zero-order chi connectivity index (χ0) is 28.6. The van der Waals surface area contributed by atoms with Crippen molar-refractivity contribution in [1.82, 2.24) is 10.2 Å². The third kappa shape index (κ3) is 7.35. The Bertz CT molecular complexity index is 1380. The van der Waals surface area contributed by atoms with Crippen molar-refractivity contribution in [1.29, 1.82) is 0 Å². The highest BCUT2D eigenvalue weighted by Crippen LogP contribution is 2.33. The van der Waals surface area contributed by atoms with E-state index in [-0.39, 0.29) is 23.7 Å². The first-order valence-electron chi connectivity index (χ1n) is 12.7. The molecule has 0 aromatic heterocycles. The van der Waals surface area contributed by atoms with Crippen molar-refractivity contribution in [2.75, 3.05) is 24.0 Å². The monoisotopic (exact) mass is 555 g/mol. The molecule has 0 aliphatic heterocycles. The zero-order valence-corrected chi connectivity index (χ0v) is 23.4. The lowest BCUT2D eigenvalue weighted by atomic mass is 10.1. The fraction of sp³-hybridized carbons (Fsp3) is 0.310. The number of nitrogens with one attached hydrogen (secondary N) is 1. The van der Waals surface area contributed by atoms with Crippen molar-refractivity contribution >= 4 is 27.5 Å². The zero-order valence-electron chi connectivity index (χ0n) is 22.6. The topological polar surface area (TPSA) is 96.0 Å². The molecule has 1 N–H and O–H groups in total. The summed E-state index contributed by atoms with van der Waals surface area (Å²) >= 11 is 0. The number of hydrogen-bond donors (Lipinski definition) is 1. The molecule has 0 saturated heterocycles. The van der Waals surface area contributed by atoms with E-state index < -0.39 is 40.2 Å². The highest BCUT2D eigenvalue weighted by atomic mass is 32.2. The molecule has 0 aliphatic carbocycles. The van der Waals surface area contributed by atoms with Gasteiger partial charge in [-0.3, -0.25) is 13.9 Å². The summed E-state index contributed by atoms with van der Waals surface area (Å²) in [5, 5.41) is 2.70. The third-order valence-electron chi connectivity index (χ3n) is 6.11. The average Bonchev–Trinajstić information content (AvgIpc) is 2.92. The van der Waals surface area contributed by atoms with Crippen molar-refractivity contribution in [3.8, 4) is 5.75 Å². The number of carbonyl (C=O) groups excluding carboxylic acids is 2. The number of amides is 2. The third-order valence-corrected chi connectivity index (χ3v) is 7.88. The SMILES string of the molecule is CCNC(=O)[C@H](C)N(Cc1ccc(F)cc1)C(=O)CN(c1ccccc1OCC)S(=O)(=O)c1ccc(C)cc1. The molecule has 3 aromatic rings. The molecule has 0 saturated carbocycles. The molecular formula is C29H34FN3O5S. The molecule has 0 radical (unpaired) electrons. The molecule has 0 fully saturated rings. The number of rotatable bonds is 12. The Labute approximate surface area is 229 Å². The number of carbonyl (C=O) groups is 2. The second-order valence-electron chi connectivity index (χ2n) is 8.94. The number of sulfonamides is 1. The van der Waals surface area contributed by atoms with Gasteiger partial charge in [-0.15, -0.1) is 0 Å². The second kappa shape index (κ2) is 13.2. The Kier molecular flexibility index (Phi) is 10.1. The lowest BCUT2D eigenvalue weighted by Gasteiger charge is -2.32. The lowest BCUT2D eigenvalue weighted by molar-refractivity contribution is -0.139. The molecule has 0 unspecified atom stereocenters. The molecule has 10 heteroatoms. The lowest BCUT2D eigenvalue weighted by Crippen LogP contribution is -2.51. The van der Waals surface area contributed by atoms with Crippen molar-refractivity contribution in [3.63, 3.8) is 0 Å². The van der Waals surface area contributed by atoms with Gasteiger partial charge >= 0.3 is 0 Å². The van der Waals surface area contributed by atoms with Crippen molar-refractivity contribution in [2.24, 2.45) is 0 Å². The normalized spacial score (nSPS) is 11.9. The molecule has 0 bridgehead atoms. The van der Waals surface area contributed by atoms with E-state index in [1.165, 1.54) is 41.3 Å². The molecule has 0 heterocycles. The van der Waals surface area contributed by atoms with Gasteiger partial charge < -0.3 is 15.0 Å². The van der Waals surface area contributed by atoms with Crippen LogP contribution >= 0.6 is 0 Å². The Morgan fingerprint density at radius 1 is 0.974 bits per heavy atom. The van der Waals surface area contributed by atoms with E-state index in [1.54, 1.807) is 57.2 Å². The summed E-state index contributed by atoms with van der Waals surface area (Å²) in [5.41, 5.74) is 1.66. The number of likely N-dealkylation sites (N-methyl/N-ethyl adjacent to an activating group) is 1. The van der Waals surface area contributed by atoms with Gasteiger partial charge in [-0.2, -0.15) is 0 Å². The van der Waals surface area contributed by atoms with Crippen LogP contribution < -0.4 is 14.4 Å². The Morgan fingerprint density at radius 2 is 1.62 bits per heavy atom. The summed E-state index contributed by atoms with van der Waals surface area (Å²) < 4.78 is 48.1. The van der Waals surface area contributed by atoms with Crippen LogP contribution in [0.2, 0.25) is 0 Å². The molecule has 0 aliphatic rings. The molecule has 39 heavy (non-hydrogen) atoms. The van der Waals surface area contributed by atoms with Gasteiger partial charge in [0.25, 0.3) is 10.0 Å². The Balaban J connectivity index is 2.07. The molecular weight excluding hydrogens is 521 g/mol. The van der Waals surface area contributed by atoms with Crippen LogP contribution in [0.4, 0.5) is 10.1 Å². The number of hydrogen-bond acceptors (Lipinski definition) is 5. The standard InChI is InChI=1S/C29H34FN3O5S/c1-5-31-29(35)22(4)32(19-23-13-15-24(30)16-14-23)28(34)20-33(26-9-7-8-10-27(26)38-6-2)39(36,37)25-17-11-21(3)12-18-25/h7-18,22H,5-6,19-20H2,1-4H3,(H,31,35)/t22-/m0/s1. The molecule has 8 nitrogen and oxygen atoms in total. The molecule has 0 spiro atoms. The predicted octanol–water partition coefficient (Wildman–Crippen LogP) is 4.28. The minimum atomic E-state index is -4.22. The Morgan fingerprint density at radius 3 is 2.23 bits per heavy atom. The van der Waals surface area contributed by atoms with Gasteiger partial charge in [-0.1, -0.05) is 42.0 Å². The van der Waals surface area contributed by atoms with Gasteiger partial charge in [-0.25, -0.2) is 12.8 Å². The van der Waals surface area contributed by atoms with E-state index in [4.69, 9.17) is 4.74 Å². The van der Waals surface area contributed by atoms with Gasteiger partial charge in [-0.05, 0) is 69.7 Å². The molecule has 3 aromatic carbocycles. The van der Waals surface area contributed by atoms with Gasteiger partial charge in [0.15, 0.2) is 0 Å². The number of nitrogens with zero attached hydrogens (tertiary/aromatic N) is 2. The first-order valence-corrected chi connectivity index (χ1v) is 14.1. The summed E-state index contributed by atoms with van der Waals surface area (Å²) in [5.74, 6) is -1.14. The number of ether oxygens (including phenoxy) is 1. The van der Waals surface area contributed by atoms with Crippen LogP contribution in [-0.4, -0.2) is 50.9 Å². The highest BCUT2D eigenvalue weighted by Gasteiger charge is 2.33. The summed E-state index contributed by atoms with van der Waals surface area (Å²) in [7, 11) is -4.22. The van der Waals surface area contributed by atoms with Gasteiger partial charge in [0.05, 0.1) is 17.2 Å². The van der Waals surface area contributed by atoms with Crippen LogP contribution in [0, 0.1) is 12.7 Å². The van der Waals surface area contributed by atoms with Crippen molar-refractivity contribution < 1.29 is 27.1 Å². The predicted molar refractivity (Wildman–Crippen MR) is 148 cm³/mol. The summed E-state index contributed by atoms with van der Waals surface area (Å²) in [6, 6.07) is 17.6. The number of benzene rings is 3. The van der Waals surface area contributed by atoms with Gasteiger partial charge in [0.2, 0.25) is 11.8 Å². The molecule has 1 atom stereocenters. The van der Waals surface area contributed by atoms with Crippen LogP contribution in [-0.2, 0) is 26.2 Å². The maximum atomic E-state index is 13.9. The number of aryl methyl sites for hydroxylation is 1. The van der Waals surface area contributed by atoms with Crippen LogP contribution in [0.1, 0.15) is 31.9 Å². The smallest absolute Gasteiger partial charge is 0.264 e. The number of halogens is 1. The van der Waals surface area contributed by atoms with Crippen LogP contribution in [0.3, 0.4) is 0 Å². The fourth-order valence-corrected chi connectivity index (χ4v) is 5.41. The van der Waals surface area contributed by atoms with E-state index in [0.29, 0.717) is 17.9 Å². The van der Waals surface area contributed by atoms with E-state index in [9.17, 15) is 22.4 Å². The van der Waals surface area contributed by atoms with Crippen LogP contribution in [0.25, 0.3) is 0 Å². The summed E-state index contributed by atoms with van der Waals surface area (Å²) in [4.78, 5) is 27.9. The molecule has 208 valence electrons. The average molecular weight is 556 g/mol. The van der Waals surface area contributed by atoms with E-state index in [0.717, 1.165) is 9.87 Å². The molecule has 2 amide bonds. The van der Waals surface area contributed by atoms with Crippen LogP contribution in [0.5, 0.6) is 5.75 Å². The fourth-order valence-electron chi connectivity index (χ4n) is 3.98. The summed E-state index contributed by atoms with van der Waals surface area (Å²) in [6.45, 7) is 6.98. The van der Waals surface area contributed by atoms with Crippen molar-refractivity contribution in [3.05, 3.63) is 89.7 Å². The molecule has 3 rings (SSSR count). The maximum Gasteiger partial charge on any atom is 0.264 e. The van der Waals surface area contributed by atoms with Crippen LogP contribution in [0.15, 0.2) is 77.7 Å². The van der Waals surface area contributed by atoms with E-state index in [1.807, 2.05) is 6.92 Å². The minimum absolute atomic E-state index is 0.00839.